The predicted molar refractivity (Wildman–Crippen MR) is 106 cm³/mol. The summed E-state index contributed by atoms with van der Waals surface area (Å²) in [7, 11) is 0. The molecule has 1 atom stereocenters. The molecule has 0 radical (unpaired) electrons. The number of nitrogen functional groups attached to an aromatic ring is 1. The highest BCUT2D eigenvalue weighted by Gasteiger charge is 2.29. The van der Waals surface area contributed by atoms with E-state index in [1.165, 1.54) is 19.2 Å². The maximum atomic E-state index is 11.3. The summed E-state index contributed by atoms with van der Waals surface area (Å²) >= 11 is -1.04. The van der Waals surface area contributed by atoms with E-state index >= 15 is 0 Å². The molecule has 1 saturated carbocycles. The fourth-order valence-electron chi connectivity index (χ4n) is 3.73. The molecule has 0 saturated heterocycles. The molecule has 3 aromatic rings. The molecule has 1 aromatic carbocycles. The highest BCUT2D eigenvalue weighted by molar-refractivity contribution is 7.88. The van der Waals surface area contributed by atoms with Gasteiger partial charge in [-0.3, -0.25) is 0 Å². The summed E-state index contributed by atoms with van der Waals surface area (Å²) in [6.45, 7) is 2.84. The number of nitrogens with zero attached hydrogens (tertiary/aromatic N) is 3. The molecular weight excluding hydrogens is 346 g/mol. The largest absolute Gasteiger partial charge is 0.598 e. The molecule has 0 amide bonds. The first-order valence-electron chi connectivity index (χ1n) is 8.80. The van der Waals surface area contributed by atoms with Crippen LogP contribution in [0.3, 0.4) is 0 Å². The number of fused-ring (bicyclic) bond motifs is 1. The van der Waals surface area contributed by atoms with Crippen LogP contribution in [0, 0.1) is 5.92 Å². The Morgan fingerprint density at radius 3 is 2.88 bits per heavy atom. The number of rotatable bonds is 5. The van der Waals surface area contributed by atoms with Gasteiger partial charge in [0.2, 0.25) is 0 Å². The average Bonchev–Trinajstić information content (AvgIpc) is 2.98. The van der Waals surface area contributed by atoms with Crippen molar-refractivity contribution in [2.24, 2.45) is 5.92 Å². The van der Waals surface area contributed by atoms with Crippen LogP contribution in [0.1, 0.15) is 31.4 Å². The molecule has 3 N–H and O–H groups in total. The van der Waals surface area contributed by atoms with Crippen LogP contribution < -0.4 is 10.5 Å². The molecule has 136 valence electrons. The van der Waals surface area contributed by atoms with Gasteiger partial charge in [0.1, 0.15) is 24.0 Å². The third-order valence-electron chi connectivity index (χ3n) is 5.10. The first-order valence-corrected chi connectivity index (χ1v) is 10.4. The third-order valence-corrected chi connectivity index (χ3v) is 5.65. The molecule has 1 unspecified atom stereocenters. The summed E-state index contributed by atoms with van der Waals surface area (Å²) in [6, 6.07) is 8.69. The number of anilines is 1. The predicted octanol–water partition coefficient (Wildman–Crippen LogP) is 3.03. The van der Waals surface area contributed by atoms with Gasteiger partial charge in [-0.25, -0.2) is 9.97 Å². The Balaban J connectivity index is 1.78. The molecule has 1 aliphatic carbocycles. The topological polar surface area (TPSA) is 91.8 Å². The van der Waals surface area contributed by atoms with Crippen molar-refractivity contribution in [2.75, 3.05) is 12.0 Å². The van der Waals surface area contributed by atoms with Crippen molar-refractivity contribution in [1.29, 1.82) is 0 Å². The normalized spacial score (nSPS) is 20.9. The number of hydrogen-bond acceptors (Lipinski definition) is 5. The molecule has 1 aliphatic rings. The van der Waals surface area contributed by atoms with Gasteiger partial charge in [-0.15, -0.1) is 4.72 Å². The second-order valence-corrected chi connectivity index (χ2v) is 8.31. The fraction of sp³-hybridized carbons (Fsp3) is 0.368. The SMILES string of the molecule is C[S+]([O-])NCc1cccc(-c2cn([C@H]3C[C@@H](C)C3)c3ncnc(N)c23)c1. The van der Waals surface area contributed by atoms with Crippen molar-refractivity contribution in [3.8, 4) is 11.1 Å². The van der Waals surface area contributed by atoms with E-state index in [0.29, 0.717) is 18.4 Å². The molecular formula is C19H23N5OS. The van der Waals surface area contributed by atoms with E-state index in [2.05, 4.69) is 44.5 Å². The van der Waals surface area contributed by atoms with Crippen molar-refractivity contribution < 1.29 is 4.55 Å². The Kier molecular flexibility index (Phi) is 4.60. The molecule has 2 heterocycles. The van der Waals surface area contributed by atoms with E-state index in [4.69, 9.17) is 5.73 Å². The van der Waals surface area contributed by atoms with Gasteiger partial charge in [-0.2, -0.15) is 0 Å². The van der Waals surface area contributed by atoms with Crippen LogP contribution in [0.25, 0.3) is 22.2 Å². The van der Waals surface area contributed by atoms with E-state index in [0.717, 1.165) is 33.6 Å². The lowest BCUT2D eigenvalue weighted by molar-refractivity contribution is 0.220. The van der Waals surface area contributed by atoms with Gasteiger partial charge in [0, 0.05) is 29.2 Å². The molecule has 0 bridgehead atoms. The monoisotopic (exact) mass is 369 g/mol. The molecule has 4 rings (SSSR count). The molecule has 6 nitrogen and oxygen atoms in total. The van der Waals surface area contributed by atoms with Gasteiger partial charge in [0.25, 0.3) is 0 Å². The van der Waals surface area contributed by atoms with Crippen molar-refractivity contribution in [3.05, 3.63) is 42.4 Å². The summed E-state index contributed by atoms with van der Waals surface area (Å²) in [5.74, 6) is 1.26. The fourth-order valence-corrected chi connectivity index (χ4v) is 4.10. The van der Waals surface area contributed by atoms with Crippen molar-refractivity contribution >= 4 is 28.2 Å². The maximum absolute atomic E-state index is 11.3. The van der Waals surface area contributed by atoms with Crippen LogP contribution in [-0.2, 0) is 17.9 Å². The first kappa shape index (κ1) is 17.3. The highest BCUT2D eigenvalue weighted by atomic mass is 32.2. The minimum atomic E-state index is -1.04. The van der Waals surface area contributed by atoms with Gasteiger partial charge in [0.15, 0.2) is 0 Å². The number of nitrogens with two attached hydrogens (primary N) is 1. The summed E-state index contributed by atoms with van der Waals surface area (Å²) in [6.07, 6.45) is 7.67. The minimum absolute atomic E-state index is 0.475. The van der Waals surface area contributed by atoms with Crippen molar-refractivity contribution in [2.45, 2.75) is 32.4 Å². The van der Waals surface area contributed by atoms with Gasteiger partial charge in [-0.05, 0) is 36.0 Å². The van der Waals surface area contributed by atoms with Crippen LogP contribution in [0.4, 0.5) is 5.82 Å². The van der Waals surface area contributed by atoms with Gasteiger partial charge in [0.05, 0.1) is 11.9 Å². The number of nitrogens with one attached hydrogen (secondary N) is 1. The summed E-state index contributed by atoms with van der Waals surface area (Å²) in [5, 5.41) is 0.913. The zero-order valence-corrected chi connectivity index (χ0v) is 15.8. The van der Waals surface area contributed by atoms with Gasteiger partial charge in [-0.1, -0.05) is 25.1 Å². The smallest absolute Gasteiger partial charge is 0.146 e. The van der Waals surface area contributed by atoms with E-state index in [9.17, 15) is 4.55 Å². The molecule has 26 heavy (non-hydrogen) atoms. The Morgan fingerprint density at radius 2 is 2.15 bits per heavy atom. The van der Waals surface area contributed by atoms with E-state index < -0.39 is 11.4 Å². The number of hydrogen-bond donors (Lipinski definition) is 2. The Labute approximate surface area is 156 Å². The highest BCUT2D eigenvalue weighted by Crippen LogP contribution is 2.42. The standard InChI is InChI=1S/C19H23N5OS/c1-12-6-15(7-12)24-10-16(17-18(20)21-11-22-19(17)24)14-5-3-4-13(8-14)9-23-26(2)25/h3-5,8,10-12,15,23H,6-7,9H2,1-2H3,(H2,20,21,22)/t12-,15+,26?. The average molecular weight is 369 g/mol. The van der Waals surface area contributed by atoms with E-state index in [1.54, 1.807) is 6.26 Å². The van der Waals surface area contributed by atoms with Crippen molar-refractivity contribution in [3.63, 3.8) is 0 Å². The van der Waals surface area contributed by atoms with Crippen molar-refractivity contribution in [1.82, 2.24) is 19.3 Å². The lowest BCUT2D eigenvalue weighted by Crippen LogP contribution is -2.24. The quantitative estimate of drug-likeness (QED) is 0.675. The van der Waals surface area contributed by atoms with E-state index in [-0.39, 0.29) is 0 Å². The zero-order valence-electron chi connectivity index (χ0n) is 15.0. The van der Waals surface area contributed by atoms with Crippen LogP contribution in [0.15, 0.2) is 36.8 Å². The van der Waals surface area contributed by atoms with Crippen LogP contribution in [0.5, 0.6) is 0 Å². The van der Waals surface area contributed by atoms with E-state index in [1.807, 2.05) is 12.1 Å². The van der Waals surface area contributed by atoms with Gasteiger partial charge >= 0.3 is 0 Å². The molecule has 2 aromatic heterocycles. The summed E-state index contributed by atoms with van der Waals surface area (Å²) in [5.41, 5.74) is 10.3. The first-order chi connectivity index (χ1) is 12.5. The van der Waals surface area contributed by atoms with Crippen LogP contribution in [0.2, 0.25) is 0 Å². The molecule has 0 aliphatic heterocycles. The molecule has 7 heteroatoms. The number of benzene rings is 1. The number of aromatic nitrogens is 3. The Hall–Kier alpha value is -2.09. The lowest BCUT2D eigenvalue weighted by atomic mass is 9.82. The zero-order chi connectivity index (χ0) is 18.3. The Morgan fingerprint density at radius 1 is 1.35 bits per heavy atom. The lowest BCUT2D eigenvalue weighted by Gasteiger charge is -2.34. The van der Waals surface area contributed by atoms with Crippen LogP contribution >= 0.6 is 0 Å². The molecule has 1 fully saturated rings. The Bertz CT molecular complexity index is 933. The molecule has 0 spiro atoms. The maximum Gasteiger partial charge on any atom is 0.146 e. The van der Waals surface area contributed by atoms with Crippen LogP contribution in [-0.4, -0.2) is 25.3 Å². The third kappa shape index (κ3) is 3.18. The minimum Gasteiger partial charge on any atom is -0.598 e. The summed E-state index contributed by atoms with van der Waals surface area (Å²) in [4.78, 5) is 8.73. The summed E-state index contributed by atoms with van der Waals surface area (Å²) < 4.78 is 16.5. The second kappa shape index (κ2) is 6.90. The second-order valence-electron chi connectivity index (χ2n) is 7.11. The van der Waals surface area contributed by atoms with Gasteiger partial charge < -0.3 is 14.9 Å².